The molecule has 6 heteroatoms. The lowest BCUT2D eigenvalue weighted by molar-refractivity contribution is -0.119. The molecule has 1 aliphatic carbocycles. The minimum absolute atomic E-state index is 0.0310. The molecular weight excluding hydrogens is 378 g/mol. The van der Waals surface area contributed by atoms with Gasteiger partial charge in [0.05, 0.1) is 16.8 Å². The Morgan fingerprint density at radius 2 is 1.81 bits per heavy atom. The van der Waals surface area contributed by atoms with Gasteiger partial charge in [-0.15, -0.1) is 10.2 Å². The standard InChI is InChI=1S/C21H20ClN3OS/c22-17-11-5-4-10-16(17)20-23-24-21(27-19-13-7-6-12-18(19)26)25(20)14-15-8-2-1-3-9-15/h1-5,8-11,19H,6-7,12-14H2. The van der Waals surface area contributed by atoms with Crippen LogP contribution in [0.25, 0.3) is 11.4 Å². The molecular formula is C21H20ClN3OS. The van der Waals surface area contributed by atoms with Crippen LogP contribution in [0.2, 0.25) is 5.02 Å². The largest absolute Gasteiger partial charge is 0.298 e. The molecule has 0 radical (unpaired) electrons. The Morgan fingerprint density at radius 3 is 2.59 bits per heavy atom. The monoisotopic (exact) mass is 397 g/mol. The molecule has 1 aliphatic rings. The third-order valence-electron chi connectivity index (χ3n) is 4.76. The zero-order chi connectivity index (χ0) is 18.6. The molecule has 0 N–H and O–H groups in total. The molecule has 1 aromatic heterocycles. The third kappa shape index (κ3) is 4.09. The summed E-state index contributed by atoms with van der Waals surface area (Å²) in [6.45, 7) is 0.637. The van der Waals surface area contributed by atoms with E-state index in [1.807, 2.05) is 42.5 Å². The van der Waals surface area contributed by atoms with Crippen LogP contribution in [-0.4, -0.2) is 25.8 Å². The van der Waals surface area contributed by atoms with Gasteiger partial charge >= 0.3 is 0 Å². The van der Waals surface area contributed by atoms with Crippen LogP contribution in [-0.2, 0) is 11.3 Å². The van der Waals surface area contributed by atoms with Crippen molar-refractivity contribution < 1.29 is 4.79 Å². The molecule has 0 bridgehead atoms. The van der Waals surface area contributed by atoms with Gasteiger partial charge in [0.15, 0.2) is 11.0 Å². The molecule has 3 aromatic rings. The average Bonchev–Trinajstić information content (AvgIpc) is 3.07. The topological polar surface area (TPSA) is 47.8 Å². The van der Waals surface area contributed by atoms with Crippen molar-refractivity contribution in [3.63, 3.8) is 0 Å². The van der Waals surface area contributed by atoms with Crippen molar-refractivity contribution in [2.75, 3.05) is 0 Å². The maximum absolute atomic E-state index is 12.3. The van der Waals surface area contributed by atoms with Gasteiger partial charge in [-0.1, -0.05) is 72.2 Å². The summed E-state index contributed by atoms with van der Waals surface area (Å²) in [5.74, 6) is 1.05. The third-order valence-corrected chi connectivity index (χ3v) is 6.39. The maximum Gasteiger partial charge on any atom is 0.192 e. The predicted molar refractivity (Wildman–Crippen MR) is 109 cm³/mol. The summed E-state index contributed by atoms with van der Waals surface area (Å²) in [5, 5.41) is 10.2. The Labute approximate surface area is 168 Å². The van der Waals surface area contributed by atoms with Gasteiger partial charge in [-0.25, -0.2) is 0 Å². The van der Waals surface area contributed by atoms with Gasteiger partial charge in [-0.2, -0.15) is 0 Å². The van der Waals surface area contributed by atoms with E-state index >= 15 is 0 Å². The number of carbonyl (C=O) groups excluding carboxylic acids is 1. The fraction of sp³-hybridized carbons (Fsp3) is 0.286. The first kappa shape index (κ1) is 18.3. The van der Waals surface area contributed by atoms with Crippen molar-refractivity contribution in [3.8, 4) is 11.4 Å². The van der Waals surface area contributed by atoms with E-state index in [9.17, 15) is 4.79 Å². The Kier molecular flexibility index (Phi) is 5.60. The number of rotatable bonds is 5. The van der Waals surface area contributed by atoms with Gasteiger partial charge in [-0.3, -0.25) is 9.36 Å². The zero-order valence-electron chi connectivity index (χ0n) is 14.8. The highest BCUT2D eigenvalue weighted by Gasteiger charge is 2.26. The van der Waals surface area contributed by atoms with Crippen LogP contribution in [0.4, 0.5) is 0 Å². The van der Waals surface area contributed by atoms with Gasteiger partial charge < -0.3 is 0 Å². The normalized spacial score (nSPS) is 17.2. The van der Waals surface area contributed by atoms with E-state index in [0.717, 1.165) is 41.4 Å². The molecule has 4 nitrogen and oxygen atoms in total. The molecule has 1 heterocycles. The predicted octanol–water partition coefficient (Wildman–Crippen LogP) is 5.25. The van der Waals surface area contributed by atoms with Crippen LogP contribution in [0.15, 0.2) is 59.8 Å². The van der Waals surface area contributed by atoms with E-state index in [1.54, 1.807) is 0 Å². The lowest BCUT2D eigenvalue weighted by atomic mass is 9.99. The van der Waals surface area contributed by atoms with Crippen molar-refractivity contribution in [2.45, 2.75) is 42.6 Å². The van der Waals surface area contributed by atoms with Gasteiger partial charge in [0.2, 0.25) is 0 Å². The Bertz CT molecular complexity index is 942. The van der Waals surface area contributed by atoms with Crippen LogP contribution in [0.3, 0.4) is 0 Å². The summed E-state index contributed by atoms with van der Waals surface area (Å²) in [6, 6.07) is 17.9. The summed E-state index contributed by atoms with van der Waals surface area (Å²) in [6.07, 6.45) is 3.66. The SMILES string of the molecule is O=C1CCCCC1Sc1nnc(-c2ccccc2Cl)n1Cc1ccccc1. The fourth-order valence-electron chi connectivity index (χ4n) is 3.33. The van der Waals surface area contributed by atoms with E-state index in [1.165, 1.54) is 11.8 Å². The number of ketones is 1. The molecule has 0 amide bonds. The first-order valence-corrected chi connectivity index (χ1v) is 10.4. The molecule has 4 rings (SSSR count). The molecule has 1 atom stereocenters. The first-order chi connectivity index (χ1) is 13.2. The Morgan fingerprint density at radius 1 is 1.04 bits per heavy atom. The lowest BCUT2D eigenvalue weighted by Crippen LogP contribution is -2.22. The van der Waals surface area contributed by atoms with Crippen molar-refractivity contribution in [3.05, 3.63) is 65.2 Å². The second kappa shape index (κ2) is 8.28. The van der Waals surface area contributed by atoms with Crippen LogP contribution in [0.5, 0.6) is 0 Å². The molecule has 0 aliphatic heterocycles. The van der Waals surface area contributed by atoms with E-state index in [2.05, 4.69) is 26.9 Å². The van der Waals surface area contributed by atoms with Crippen molar-refractivity contribution in [1.82, 2.24) is 14.8 Å². The van der Waals surface area contributed by atoms with E-state index in [-0.39, 0.29) is 5.25 Å². The highest BCUT2D eigenvalue weighted by molar-refractivity contribution is 8.00. The number of hydrogen-bond donors (Lipinski definition) is 0. The summed E-state index contributed by atoms with van der Waals surface area (Å²) < 4.78 is 2.07. The van der Waals surface area contributed by atoms with Crippen molar-refractivity contribution >= 4 is 29.1 Å². The first-order valence-electron chi connectivity index (χ1n) is 9.14. The highest BCUT2D eigenvalue weighted by atomic mass is 35.5. The second-order valence-corrected chi connectivity index (χ2v) is 8.25. The number of benzene rings is 2. The minimum atomic E-state index is -0.0310. The molecule has 0 saturated heterocycles. The quantitative estimate of drug-likeness (QED) is 0.589. The summed E-state index contributed by atoms with van der Waals surface area (Å²) in [7, 11) is 0. The van der Waals surface area contributed by atoms with Crippen molar-refractivity contribution in [1.29, 1.82) is 0 Å². The van der Waals surface area contributed by atoms with Crippen molar-refractivity contribution in [2.24, 2.45) is 0 Å². The van der Waals surface area contributed by atoms with Crippen LogP contribution >= 0.6 is 23.4 Å². The minimum Gasteiger partial charge on any atom is -0.298 e. The lowest BCUT2D eigenvalue weighted by Gasteiger charge is -2.20. The molecule has 0 spiro atoms. The second-order valence-electron chi connectivity index (χ2n) is 6.68. The van der Waals surface area contributed by atoms with Gasteiger partial charge in [0.25, 0.3) is 0 Å². The summed E-state index contributed by atoms with van der Waals surface area (Å²) in [5.41, 5.74) is 2.01. The average molecular weight is 398 g/mol. The maximum atomic E-state index is 12.3. The molecule has 1 saturated carbocycles. The molecule has 1 fully saturated rings. The molecule has 138 valence electrons. The number of hydrogen-bond acceptors (Lipinski definition) is 4. The molecule has 1 unspecified atom stereocenters. The summed E-state index contributed by atoms with van der Waals surface area (Å²) >= 11 is 7.95. The fourth-order valence-corrected chi connectivity index (χ4v) is 4.70. The Hall–Kier alpha value is -2.11. The Balaban J connectivity index is 1.72. The van der Waals surface area contributed by atoms with Gasteiger partial charge in [-0.05, 0) is 30.5 Å². The number of aromatic nitrogens is 3. The number of Topliss-reactive ketones (excluding diaryl/α,β-unsaturated/α-hetero) is 1. The highest BCUT2D eigenvalue weighted by Crippen LogP contribution is 2.34. The van der Waals surface area contributed by atoms with Crippen LogP contribution in [0.1, 0.15) is 31.2 Å². The zero-order valence-corrected chi connectivity index (χ0v) is 16.4. The van der Waals surface area contributed by atoms with Crippen LogP contribution in [0, 0.1) is 0 Å². The van der Waals surface area contributed by atoms with Crippen LogP contribution < -0.4 is 0 Å². The van der Waals surface area contributed by atoms with E-state index in [0.29, 0.717) is 23.8 Å². The van der Waals surface area contributed by atoms with Gasteiger partial charge in [0.1, 0.15) is 5.78 Å². The number of thioether (sulfide) groups is 1. The number of carbonyl (C=O) groups is 1. The smallest absolute Gasteiger partial charge is 0.192 e. The number of halogens is 1. The molecule has 27 heavy (non-hydrogen) atoms. The number of nitrogens with zero attached hydrogens (tertiary/aromatic N) is 3. The van der Waals surface area contributed by atoms with E-state index < -0.39 is 0 Å². The van der Waals surface area contributed by atoms with Gasteiger partial charge in [0, 0.05) is 12.0 Å². The molecule has 2 aromatic carbocycles. The van der Waals surface area contributed by atoms with E-state index in [4.69, 9.17) is 11.6 Å². The summed E-state index contributed by atoms with van der Waals surface area (Å²) in [4.78, 5) is 12.3.